The summed E-state index contributed by atoms with van der Waals surface area (Å²) in [4.78, 5) is 2.21. The van der Waals surface area contributed by atoms with Crippen molar-refractivity contribution in [3.05, 3.63) is 0 Å². The molecule has 1 N–H and O–H groups in total. The lowest BCUT2D eigenvalue weighted by Gasteiger charge is -2.34. The zero-order valence-corrected chi connectivity index (χ0v) is 8.80. The van der Waals surface area contributed by atoms with Crippen molar-refractivity contribution in [3.8, 4) is 0 Å². The van der Waals surface area contributed by atoms with Gasteiger partial charge in [0.1, 0.15) is 0 Å². The Labute approximate surface area is 85.9 Å². The van der Waals surface area contributed by atoms with E-state index in [2.05, 4.69) is 4.90 Å². The summed E-state index contributed by atoms with van der Waals surface area (Å²) in [5.74, 6) is 0.824. The molecule has 14 heavy (non-hydrogen) atoms. The van der Waals surface area contributed by atoms with Crippen LogP contribution in [0.3, 0.4) is 0 Å². The quantitative estimate of drug-likeness (QED) is 0.733. The van der Waals surface area contributed by atoms with Gasteiger partial charge in [-0.25, -0.2) is 0 Å². The number of hydrogen-bond acceptors (Lipinski definition) is 2. The van der Waals surface area contributed by atoms with Gasteiger partial charge in [0.15, 0.2) is 0 Å². The van der Waals surface area contributed by atoms with Crippen LogP contribution in [0.25, 0.3) is 0 Å². The number of rotatable bonds is 2. The van der Waals surface area contributed by atoms with E-state index in [1.165, 1.54) is 32.1 Å². The largest absolute Gasteiger partial charge is 0.376 e. The number of amidine groups is 1. The predicted octanol–water partition coefficient (Wildman–Crippen LogP) is 2.02. The second kappa shape index (κ2) is 4.78. The first-order chi connectivity index (χ1) is 6.86. The fourth-order valence-corrected chi connectivity index (χ4v) is 2.29. The number of ether oxygens (including phenoxy) is 1. The summed E-state index contributed by atoms with van der Waals surface area (Å²) in [6, 6.07) is 0. The van der Waals surface area contributed by atoms with Crippen molar-refractivity contribution in [2.75, 3.05) is 19.7 Å². The lowest BCUT2D eigenvalue weighted by atomic mass is 10.1. The number of nitrogens with zero attached hydrogens (tertiary/aromatic N) is 1. The molecule has 0 aliphatic carbocycles. The molecule has 0 spiro atoms. The van der Waals surface area contributed by atoms with Gasteiger partial charge >= 0.3 is 0 Å². The van der Waals surface area contributed by atoms with Gasteiger partial charge in [-0.2, -0.15) is 0 Å². The van der Waals surface area contributed by atoms with Gasteiger partial charge < -0.3 is 9.64 Å². The molecule has 0 bridgehead atoms. The molecule has 1 unspecified atom stereocenters. The van der Waals surface area contributed by atoms with Crippen LogP contribution in [0.15, 0.2) is 0 Å². The zero-order valence-electron chi connectivity index (χ0n) is 8.80. The molecule has 3 nitrogen and oxygen atoms in total. The normalized spacial score (nSPS) is 29.3. The Morgan fingerprint density at radius 1 is 1.29 bits per heavy atom. The van der Waals surface area contributed by atoms with E-state index in [1.807, 2.05) is 0 Å². The molecule has 2 aliphatic heterocycles. The van der Waals surface area contributed by atoms with Crippen molar-refractivity contribution in [2.45, 2.75) is 44.6 Å². The highest BCUT2D eigenvalue weighted by Crippen LogP contribution is 2.17. The highest BCUT2D eigenvalue weighted by atomic mass is 16.5. The molecule has 0 aromatic heterocycles. The standard InChI is InChI=1S/C11H20N2O/c12-11-6-1-3-7-13(11)9-10-5-2-4-8-14-10/h10,12H,1-9H2. The molecule has 2 rings (SSSR count). The Kier molecular flexibility index (Phi) is 3.40. The topological polar surface area (TPSA) is 36.3 Å². The molecule has 2 aliphatic rings. The first-order valence-electron chi connectivity index (χ1n) is 5.80. The van der Waals surface area contributed by atoms with E-state index < -0.39 is 0 Å². The smallest absolute Gasteiger partial charge is 0.0958 e. The lowest BCUT2D eigenvalue weighted by molar-refractivity contribution is 0.00326. The number of likely N-dealkylation sites (tertiary alicyclic amines) is 1. The Balaban J connectivity index is 1.79. The van der Waals surface area contributed by atoms with Crippen molar-refractivity contribution in [1.29, 1.82) is 5.41 Å². The van der Waals surface area contributed by atoms with Gasteiger partial charge in [0.2, 0.25) is 0 Å². The summed E-state index contributed by atoms with van der Waals surface area (Å²) in [6.45, 7) is 2.95. The minimum Gasteiger partial charge on any atom is -0.376 e. The number of hydrogen-bond donors (Lipinski definition) is 1. The van der Waals surface area contributed by atoms with Crippen LogP contribution in [0, 0.1) is 5.41 Å². The van der Waals surface area contributed by atoms with E-state index >= 15 is 0 Å². The van der Waals surface area contributed by atoms with Crippen LogP contribution < -0.4 is 0 Å². The Morgan fingerprint density at radius 2 is 2.21 bits per heavy atom. The average Bonchev–Trinajstić information content (AvgIpc) is 2.23. The summed E-state index contributed by atoms with van der Waals surface area (Å²) < 4.78 is 5.69. The van der Waals surface area contributed by atoms with Crippen molar-refractivity contribution < 1.29 is 4.74 Å². The van der Waals surface area contributed by atoms with Crippen molar-refractivity contribution in [2.24, 2.45) is 0 Å². The zero-order chi connectivity index (χ0) is 9.80. The minimum atomic E-state index is 0.391. The van der Waals surface area contributed by atoms with Crippen molar-refractivity contribution in [3.63, 3.8) is 0 Å². The third kappa shape index (κ3) is 2.47. The maximum Gasteiger partial charge on any atom is 0.0958 e. The second-order valence-electron chi connectivity index (χ2n) is 4.34. The predicted molar refractivity (Wildman–Crippen MR) is 56.7 cm³/mol. The molecule has 2 heterocycles. The molecule has 2 fully saturated rings. The van der Waals surface area contributed by atoms with E-state index in [-0.39, 0.29) is 0 Å². The van der Waals surface area contributed by atoms with E-state index in [0.29, 0.717) is 6.10 Å². The molecule has 0 saturated carbocycles. The fourth-order valence-electron chi connectivity index (χ4n) is 2.29. The van der Waals surface area contributed by atoms with Gasteiger partial charge in [0.05, 0.1) is 11.9 Å². The van der Waals surface area contributed by atoms with E-state index in [9.17, 15) is 0 Å². The highest BCUT2D eigenvalue weighted by Gasteiger charge is 2.21. The molecule has 1 atom stereocenters. The molecule has 0 aromatic carbocycles. The Bertz CT molecular complexity index is 199. The van der Waals surface area contributed by atoms with E-state index in [0.717, 1.165) is 32.0 Å². The Morgan fingerprint density at radius 3 is 2.93 bits per heavy atom. The van der Waals surface area contributed by atoms with Crippen LogP contribution in [0.5, 0.6) is 0 Å². The molecule has 0 radical (unpaired) electrons. The maximum absolute atomic E-state index is 7.83. The van der Waals surface area contributed by atoms with Gasteiger partial charge in [-0.05, 0) is 32.1 Å². The fraction of sp³-hybridized carbons (Fsp3) is 0.909. The SMILES string of the molecule is N=C1CCCCN1CC1CCCCO1. The first kappa shape index (κ1) is 9.97. The van der Waals surface area contributed by atoms with Crippen LogP contribution in [0.4, 0.5) is 0 Å². The summed E-state index contributed by atoms with van der Waals surface area (Å²) in [5, 5.41) is 7.83. The minimum absolute atomic E-state index is 0.391. The summed E-state index contributed by atoms with van der Waals surface area (Å²) in [6.07, 6.45) is 7.49. The molecular formula is C11H20N2O. The third-order valence-electron chi connectivity index (χ3n) is 3.17. The van der Waals surface area contributed by atoms with E-state index in [1.54, 1.807) is 0 Å². The molecular weight excluding hydrogens is 176 g/mol. The summed E-state index contributed by atoms with van der Waals surface area (Å²) >= 11 is 0. The number of piperidine rings is 1. The highest BCUT2D eigenvalue weighted by molar-refractivity contribution is 5.79. The average molecular weight is 196 g/mol. The number of nitrogens with one attached hydrogen (secondary N) is 1. The van der Waals surface area contributed by atoms with Crippen molar-refractivity contribution in [1.82, 2.24) is 4.90 Å². The maximum atomic E-state index is 7.83. The van der Waals surface area contributed by atoms with Gasteiger partial charge in [-0.3, -0.25) is 5.41 Å². The summed E-state index contributed by atoms with van der Waals surface area (Å²) in [7, 11) is 0. The summed E-state index contributed by atoms with van der Waals surface area (Å²) in [5.41, 5.74) is 0. The molecule has 0 aromatic rings. The molecule has 80 valence electrons. The van der Waals surface area contributed by atoms with Crippen LogP contribution in [0.2, 0.25) is 0 Å². The molecule has 0 amide bonds. The molecule has 3 heteroatoms. The molecule has 2 saturated heterocycles. The second-order valence-corrected chi connectivity index (χ2v) is 4.34. The third-order valence-corrected chi connectivity index (χ3v) is 3.17. The van der Waals surface area contributed by atoms with Crippen LogP contribution in [0.1, 0.15) is 38.5 Å². The first-order valence-corrected chi connectivity index (χ1v) is 5.80. The van der Waals surface area contributed by atoms with Gasteiger partial charge in [0.25, 0.3) is 0 Å². The van der Waals surface area contributed by atoms with Crippen LogP contribution in [-0.4, -0.2) is 36.5 Å². The van der Waals surface area contributed by atoms with Gasteiger partial charge in [-0.1, -0.05) is 0 Å². The Hall–Kier alpha value is -0.570. The van der Waals surface area contributed by atoms with Crippen molar-refractivity contribution >= 4 is 5.84 Å². The van der Waals surface area contributed by atoms with Crippen LogP contribution in [-0.2, 0) is 4.74 Å². The monoisotopic (exact) mass is 196 g/mol. The van der Waals surface area contributed by atoms with Gasteiger partial charge in [-0.15, -0.1) is 0 Å². The van der Waals surface area contributed by atoms with E-state index in [4.69, 9.17) is 10.1 Å². The van der Waals surface area contributed by atoms with Crippen LogP contribution >= 0.6 is 0 Å². The lowest BCUT2D eigenvalue weighted by Crippen LogP contribution is -2.41. The van der Waals surface area contributed by atoms with Gasteiger partial charge in [0, 0.05) is 26.1 Å².